The number of hydrogen-bond donors (Lipinski definition) is 1. The van der Waals surface area contributed by atoms with Gasteiger partial charge in [0.1, 0.15) is 0 Å². The molecule has 0 saturated carbocycles. The average Bonchev–Trinajstić information content (AvgIpc) is 2.86. The number of carbonyl (C=O) groups excluding carboxylic acids is 2. The molecule has 1 saturated heterocycles. The Morgan fingerprint density at radius 1 is 1.39 bits per heavy atom. The molecule has 126 valence electrons. The second kappa shape index (κ2) is 7.35. The van der Waals surface area contributed by atoms with Gasteiger partial charge in [-0.05, 0) is 37.0 Å². The summed E-state index contributed by atoms with van der Waals surface area (Å²) in [5.74, 6) is 0.0204. The predicted octanol–water partition coefficient (Wildman–Crippen LogP) is 3.37. The molecule has 4 nitrogen and oxygen atoms in total. The van der Waals surface area contributed by atoms with Gasteiger partial charge in [-0.2, -0.15) is 0 Å². The molecule has 1 amide bonds. The normalized spacial score (nSPS) is 20.2. The second-order valence-electron chi connectivity index (χ2n) is 6.88. The summed E-state index contributed by atoms with van der Waals surface area (Å²) in [4.78, 5) is 23.5. The van der Waals surface area contributed by atoms with Crippen molar-refractivity contribution in [3.8, 4) is 0 Å². The summed E-state index contributed by atoms with van der Waals surface area (Å²) in [5, 5.41) is 3.86. The number of amides is 1. The van der Waals surface area contributed by atoms with Crippen LogP contribution in [0.15, 0.2) is 24.3 Å². The first-order chi connectivity index (χ1) is 10.8. The Kier molecular flexibility index (Phi) is 5.69. The quantitative estimate of drug-likeness (QED) is 0.810. The van der Waals surface area contributed by atoms with Crippen LogP contribution in [0.4, 0.5) is 0 Å². The van der Waals surface area contributed by atoms with Crippen LogP contribution in [0.3, 0.4) is 0 Å². The fraction of sp³-hybridized carbons (Fsp3) is 0.556. The van der Waals surface area contributed by atoms with Crippen LogP contribution in [0.5, 0.6) is 0 Å². The van der Waals surface area contributed by atoms with Crippen molar-refractivity contribution >= 4 is 23.5 Å². The minimum Gasteiger partial charge on any atom is -0.465 e. The Balaban J connectivity index is 2.00. The number of halogens is 1. The van der Waals surface area contributed by atoms with Crippen LogP contribution in [-0.4, -0.2) is 24.0 Å². The smallest absolute Gasteiger partial charge is 0.306 e. The minimum absolute atomic E-state index is 0.00514. The molecule has 0 unspecified atom stereocenters. The lowest BCUT2D eigenvalue weighted by molar-refractivity contribution is -0.138. The molecular formula is C18H24ClNO3. The molecule has 1 fully saturated rings. The van der Waals surface area contributed by atoms with Gasteiger partial charge in [-0.3, -0.25) is 9.59 Å². The molecular weight excluding hydrogens is 314 g/mol. The zero-order chi connectivity index (χ0) is 17.0. The maximum absolute atomic E-state index is 12.4. The lowest BCUT2D eigenvalue weighted by Crippen LogP contribution is -2.52. The van der Waals surface area contributed by atoms with Gasteiger partial charge in [0.2, 0.25) is 5.91 Å². The van der Waals surface area contributed by atoms with E-state index in [4.69, 9.17) is 16.3 Å². The van der Waals surface area contributed by atoms with Gasteiger partial charge in [-0.15, -0.1) is 0 Å². The molecule has 0 spiro atoms. The molecule has 5 heteroatoms. The molecule has 1 aliphatic rings. The van der Waals surface area contributed by atoms with Crippen LogP contribution in [0.1, 0.15) is 39.2 Å². The molecule has 0 aliphatic carbocycles. The van der Waals surface area contributed by atoms with Gasteiger partial charge < -0.3 is 10.1 Å². The molecule has 1 heterocycles. The first-order valence-corrected chi connectivity index (χ1v) is 8.37. The van der Waals surface area contributed by atoms with Crippen molar-refractivity contribution in [3.05, 3.63) is 34.9 Å². The highest BCUT2D eigenvalue weighted by atomic mass is 35.5. The maximum atomic E-state index is 12.4. The summed E-state index contributed by atoms with van der Waals surface area (Å²) in [5.41, 5.74) is 0.777. The summed E-state index contributed by atoms with van der Waals surface area (Å²) in [6.07, 6.45) is 1.39. The number of hydrogen-bond acceptors (Lipinski definition) is 3. The van der Waals surface area contributed by atoms with Crippen LogP contribution < -0.4 is 5.32 Å². The van der Waals surface area contributed by atoms with Gasteiger partial charge >= 0.3 is 5.97 Å². The molecule has 2 rings (SSSR count). The summed E-state index contributed by atoms with van der Waals surface area (Å²) in [6.45, 7) is 6.60. The van der Waals surface area contributed by atoms with E-state index in [9.17, 15) is 9.59 Å². The molecule has 0 aromatic heterocycles. The largest absolute Gasteiger partial charge is 0.465 e. The Hall–Kier alpha value is -1.55. The SMILES string of the molecule is CC(C)[C@@](C)(Cc1ccc(Cl)cc1)NC(=O)C[C@H]1COC(=O)C1. The van der Waals surface area contributed by atoms with E-state index in [0.29, 0.717) is 24.5 Å². The summed E-state index contributed by atoms with van der Waals surface area (Å²) in [6, 6.07) is 7.69. The van der Waals surface area contributed by atoms with Crippen molar-refractivity contribution in [1.29, 1.82) is 0 Å². The average molecular weight is 338 g/mol. The third kappa shape index (κ3) is 4.96. The van der Waals surface area contributed by atoms with Gasteiger partial charge in [-0.1, -0.05) is 37.6 Å². The number of cyclic esters (lactones) is 1. The zero-order valence-electron chi connectivity index (χ0n) is 13.9. The topological polar surface area (TPSA) is 55.4 Å². The monoisotopic (exact) mass is 337 g/mol. The van der Waals surface area contributed by atoms with Gasteiger partial charge in [-0.25, -0.2) is 0 Å². The first kappa shape index (κ1) is 17.8. The fourth-order valence-corrected chi connectivity index (χ4v) is 2.87. The number of rotatable bonds is 6. The minimum atomic E-state index is -0.353. The van der Waals surface area contributed by atoms with Gasteiger partial charge in [0.25, 0.3) is 0 Å². The van der Waals surface area contributed by atoms with Crippen LogP contribution in [0.2, 0.25) is 5.02 Å². The van der Waals surface area contributed by atoms with E-state index in [-0.39, 0.29) is 29.3 Å². The number of ether oxygens (including phenoxy) is 1. The van der Waals surface area contributed by atoms with Gasteiger partial charge in [0, 0.05) is 22.9 Å². The highest BCUT2D eigenvalue weighted by molar-refractivity contribution is 6.30. The third-order valence-electron chi connectivity index (χ3n) is 4.59. The molecule has 1 N–H and O–H groups in total. The van der Waals surface area contributed by atoms with E-state index < -0.39 is 0 Å². The van der Waals surface area contributed by atoms with E-state index in [2.05, 4.69) is 26.1 Å². The standard InChI is InChI=1S/C18H24ClNO3/c1-12(2)18(3,10-13-4-6-15(19)7-5-13)20-16(21)8-14-9-17(22)23-11-14/h4-7,12,14H,8-11H2,1-3H3,(H,20,21)/t14-,18-/m1/s1. The van der Waals surface area contributed by atoms with Crippen LogP contribution >= 0.6 is 11.6 Å². The Morgan fingerprint density at radius 2 is 2.04 bits per heavy atom. The number of benzene rings is 1. The van der Waals surface area contributed by atoms with E-state index in [0.717, 1.165) is 12.0 Å². The lowest BCUT2D eigenvalue weighted by atomic mass is 9.82. The molecule has 23 heavy (non-hydrogen) atoms. The summed E-state index contributed by atoms with van der Waals surface area (Å²) in [7, 11) is 0. The van der Waals surface area contributed by atoms with E-state index in [1.54, 1.807) is 0 Å². The van der Waals surface area contributed by atoms with Crippen molar-refractivity contribution in [2.24, 2.45) is 11.8 Å². The predicted molar refractivity (Wildman–Crippen MR) is 90.2 cm³/mol. The molecule has 1 aromatic rings. The molecule has 2 atom stereocenters. The van der Waals surface area contributed by atoms with Crippen molar-refractivity contribution < 1.29 is 14.3 Å². The van der Waals surface area contributed by atoms with Crippen molar-refractivity contribution in [2.75, 3.05) is 6.61 Å². The first-order valence-electron chi connectivity index (χ1n) is 7.99. The van der Waals surface area contributed by atoms with Crippen molar-refractivity contribution in [2.45, 2.75) is 45.6 Å². The molecule has 0 radical (unpaired) electrons. The second-order valence-corrected chi connectivity index (χ2v) is 7.32. The van der Waals surface area contributed by atoms with Crippen LogP contribution in [0.25, 0.3) is 0 Å². The highest BCUT2D eigenvalue weighted by Crippen LogP contribution is 2.24. The van der Waals surface area contributed by atoms with E-state index in [1.807, 2.05) is 24.3 Å². The summed E-state index contributed by atoms with van der Waals surface area (Å²) < 4.78 is 4.92. The fourth-order valence-electron chi connectivity index (χ4n) is 2.75. The third-order valence-corrected chi connectivity index (χ3v) is 4.85. The van der Waals surface area contributed by atoms with Crippen molar-refractivity contribution in [3.63, 3.8) is 0 Å². The van der Waals surface area contributed by atoms with Crippen LogP contribution in [-0.2, 0) is 20.7 Å². The van der Waals surface area contributed by atoms with Crippen molar-refractivity contribution in [1.82, 2.24) is 5.32 Å². The summed E-state index contributed by atoms with van der Waals surface area (Å²) >= 11 is 5.93. The van der Waals surface area contributed by atoms with Gasteiger partial charge in [0.05, 0.1) is 13.0 Å². The molecule has 1 aromatic carbocycles. The lowest BCUT2D eigenvalue weighted by Gasteiger charge is -2.35. The molecule has 0 bridgehead atoms. The van der Waals surface area contributed by atoms with E-state index in [1.165, 1.54) is 0 Å². The van der Waals surface area contributed by atoms with Crippen LogP contribution in [0, 0.1) is 11.8 Å². The number of esters is 1. The number of carbonyl (C=O) groups is 2. The molecule has 1 aliphatic heterocycles. The van der Waals surface area contributed by atoms with Gasteiger partial charge in [0.15, 0.2) is 0 Å². The zero-order valence-corrected chi connectivity index (χ0v) is 14.7. The Morgan fingerprint density at radius 3 is 2.57 bits per heavy atom. The maximum Gasteiger partial charge on any atom is 0.306 e. The Bertz CT molecular complexity index is 570. The number of nitrogens with one attached hydrogen (secondary N) is 1. The highest BCUT2D eigenvalue weighted by Gasteiger charge is 2.32. The van der Waals surface area contributed by atoms with E-state index >= 15 is 0 Å². The Labute approximate surface area is 142 Å².